The zero-order valence-corrected chi connectivity index (χ0v) is 15.8. The number of hydrogen-bond acceptors (Lipinski definition) is 5. The van der Waals surface area contributed by atoms with Crippen LogP contribution >= 0.6 is 0 Å². The molecule has 1 aliphatic heterocycles. The van der Waals surface area contributed by atoms with E-state index < -0.39 is 15.7 Å². The fourth-order valence-corrected chi connectivity index (χ4v) is 3.82. The van der Waals surface area contributed by atoms with Crippen LogP contribution in [-0.2, 0) is 16.4 Å². The molecule has 142 valence electrons. The molecule has 1 saturated heterocycles. The van der Waals surface area contributed by atoms with Gasteiger partial charge in [-0.2, -0.15) is 0 Å². The summed E-state index contributed by atoms with van der Waals surface area (Å²) in [6, 6.07) is 9.87. The van der Waals surface area contributed by atoms with E-state index in [0.29, 0.717) is 5.56 Å². The molecule has 0 bridgehead atoms. The third kappa shape index (κ3) is 4.51. The minimum atomic E-state index is -3.55. The summed E-state index contributed by atoms with van der Waals surface area (Å²) in [4.78, 5) is 30.3. The Balaban J connectivity index is 1.65. The summed E-state index contributed by atoms with van der Waals surface area (Å²) in [6.07, 6.45) is 4.50. The van der Waals surface area contributed by atoms with E-state index >= 15 is 0 Å². The molecule has 1 N–H and O–H groups in total. The second-order valence-corrected chi connectivity index (χ2v) is 8.49. The number of nitrogens with zero attached hydrogens (tertiary/aromatic N) is 2. The number of hydrogen-bond donors (Lipinski definition) is 1. The van der Waals surface area contributed by atoms with Gasteiger partial charge >= 0.3 is 0 Å². The van der Waals surface area contributed by atoms with E-state index in [1.807, 2.05) is 4.90 Å². The predicted octanol–water partition coefficient (Wildman–Crippen LogP) is 1.65. The van der Waals surface area contributed by atoms with Crippen LogP contribution in [0.25, 0.3) is 0 Å². The van der Waals surface area contributed by atoms with E-state index in [9.17, 15) is 18.0 Å². The van der Waals surface area contributed by atoms with E-state index in [0.717, 1.165) is 37.8 Å². The topological polar surface area (TPSA) is 96.4 Å². The van der Waals surface area contributed by atoms with Gasteiger partial charge in [0.1, 0.15) is 5.69 Å². The molecular weight excluding hydrogens is 366 g/mol. The molecule has 2 amide bonds. The molecule has 27 heavy (non-hydrogen) atoms. The van der Waals surface area contributed by atoms with Crippen molar-refractivity contribution in [2.75, 3.05) is 19.3 Å². The van der Waals surface area contributed by atoms with Gasteiger partial charge in [-0.25, -0.2) is 13.4 Å². The molecule has 0 saturated carbocycles. The molecule has 1 aromatic heterocycles. The zero-order chi connectivity index (χ0) is 19.4. The number of aromatic nitrogens is 1. The van der Waals surface area contributed by atoms with Crippen LogP contribution in [0, 0.1) is 0 Å². The van der Waals surface area contributed by atoms with Crippen molar-refractivity contribution in [2.45, 2.75) is 24.3 Å². The average Bonchev–Trinajstić information content (AvgIpc) is 3.20. The molecule has 0 radical (unpaired) electrons. The van der Waals surface area contributed by atoms with E-state index in [1.54, 1.807) is 24.3 Å². The maximum atomic E-state index is 12.3. The second kappa shape index (κ2) is 7.87. The highest BCUT2D eigenvalue weighted by atomic mass is 32.2. The first-order valence-electron chi connectivity index (χ1n) is 8.68. The minimum absolute atomic E-state index is 0.0226. The summed E-state index contributed by atoms with van der Waals surface area (Å²) in [7, 11) is -3.55. The summed E-state index contributed by atoms with van der Waals surface area (Å²) < 4.78 is 23.6. The Bertz CT molecular complexity index is 949. The monoisotopic (exact) mass is 387 g/mol. The van der Waals surface area contributed by atoms with Crippen molar-refractivity contribution in [1.82, 2.24) is 15.2 Å². The number of carbonyl (C=O) groups excluding carboxylic acids is 2. The lowest BCUT2D eigenvalue weighted by Gasteiger charge is -2.15. The molecular formula is C19H21N3O4S. The van der Waals surface area contributed by atoms with Crippen LogP contribution in [0.5, 0.6) is 0 Å². The van der Waals surface area contributed by atoms with Gasteiger partial charge in [0.25, 0.3) is 11.8 Å². The van der Waals surface area contributed by atoms with Gasteiger partial charge in [-0.05, 0) is 42.7 Å². The zero-order valence-electron chi connectivity index (χ0n) is 15.0. The number of rotatable bonds is 5. The molecule has 0 aliphatic carbocycles. The lowest BCUT2D eigenvalue weighted by molar-refractivity contribution is 0.0792. The van der Waals surface area contributed by atoms with Gasteiger partial charge in [0.15, 0.2) is 9.84 Å². The highest BCUT2D eigenvalue weighted by Crippen LogP contribution is 2.15. The van der Waals surface area contributed by atoms with Crippen molar-refractivity contribution in [1.29, 1.82) is 0 Å². The highest BCUT2D eigenvalue weighted by molar-refractivity contribution is 7.90. The number of sulfone groups is 1. The fraction of sp³-hybridized carbons (Fsp3) is 0.316. The van der Waals surface area contributed by atoms with Crippen LogP contribution < -0.4 is 5.32 Å². The summed E-state index contributed by atoms with van der Waals surface area (Å²) in [6.45, 7) is 1.80. The molecule has 2 heterocycles. The average molecular weight is 387 g/mol. The van der Waals surface area contributed by atoms with E-state index in [-0.39, 0.29) is 23.0 Å². The Morgan fingerprint density at radius 2 is 1.78 bits per heavy atom. The lowest BCUT2D eigenvalue weighted by Crippen LogP contribution is -2.27. The third-order valence-corrected chi connectivity index (χ3v) is 5.56. The van der Waals surface area contributed by atoms with Gasteiger partial charge in [0, 0.05) is 37.7 Å². The second-order valence-electron chi connectivity index (χ2n) is 6.50. The molecule has 1 fully saturated rings. The van der Waals surface area contributed by atoms with Crippen LogP contribution in [0.3, 0.4) is 0 Å². The molecule has 1 aliphatic rings. The maximum absolute atomic E-state index is 12.3. The van der Waals surface area contributed by atoms with Gasteiger partial charge in [-0.15, -0.1) is 0 Å². The largest absolute Gasteiger partial charge is 0.347 e. The summed E-state index contributed by atoms with van der Waals surface area (Å²) in [5.41, 5.74) is 1.30. The van der Waals surface area contributed by atoms with Crippen molar-refractivity contribution in [3.63, 3.8) is 0 Å². The smallest absolute Gasteiger partial charge is 0.271 e. The molecule has 0 spiro atoms. The Hall–Kier alpha value is -2.74. The van der Waals surface area contributed by atoms with Crippen LogP contribution in [-0.4, -0.2) is 49.5 Å². The van der Waals surface area contributed by atoms with Crippen molar-refractivity contribution < 1.29 is 18.0 Å². The van der Waals surface area contributed by atoms with E-state index in [2.05, 4.69) is 10.3 Å². The van der Waals surface area contributed by atoms with E-state index in [4.69, 9.17) is 0 Å². The number of benzene rings is 1. The summed E-state index contributed by atoms with van der Waals surface area (Å²) in [5.74, 6) is -0.539. The Labute approximate surface area is 158 Å². The molecule has 0 unspecified atom stereocenters. The molecule has 0 atom stereocenters. The summed E-state index contributed by atoms with van der Waals surface area (Å²) in [5, 5.41) is 2.67. The van der Waals surface area contributed by atoms with Crippen molar-refractivity contribution in [2.24, 2.45) is 0 Å². The Morgan fingerprint density at radius 1 is 1.11 bits per heavy atom. The van der Waals surface area contributed by atoms with Crippen LogP contribution in [0.1, 0.15) is 39.3 Å². The molecule has 2 aromatic rings. The summed E-state index contributed by atoms with van der Waals surface area (Å²) >= 11 is 0. The van der Waals surface area contributed by atoms with Crippen molar-refractivity contribution in [3.8, 4) is 0 Å². The predicted molar refractivity (Wildman–Crippen MR) is 100 cm³/mol. The van der Waals surface area contributed by atoms with Crippen LogP contribution in [0.2, 0.25) is 0 Å². The standard InChI is InChI=1S/C19H21N3O4S/c1-27(25,26)16-5-4-10-20-17(16)18(23)21-13-14-6-8-15(9-7-14)19(24)22-11-2-3-12-22/h4-10H,2-3,11-13H2,1H3,(H,21,23). The normalized spacial score (nSPS) is 14.2. The fourth-order valence-electron chi connectivity index (χ4n) is 2.99. The Morgan fingerprint density at radius 3 is 2.41 bits per heavy atom. The Kier molecular flexibility index (Phi) is 5.55. The van der Waals surface area contributed by atoms with Gasteiger partial charge in [0.2, 0.25) is 0 Å². The first kappa shape index (κ1) is 19.0. The minimum Gasteiger partial charge on any atom is -0.347 e. The van der Waals surface area contributed by atoms with Gasteiger partial charge in [-0.3, -0.25) is 9.59 Å². The first-order chi connectivity index (χ1) is 12.9. The number of pyridine rings is 1. The number of nitrogens with one attached hydrogen (secondary N) is 1. The maximum Gasteiger partial charge on any atom is 0.271 e. The molecule has 3 rings (SSSR count). The number of amides is 2. The van der Waals surface area contributed by atoms with Crippen molar-refractivity contribution >= 4 is 21.7 Å². The molecule has 7 nitrogen and oxygen atoms in total. The molecule has 8 heteroatoms. The van der Waals surface area contributed by atoms with Crippen molar-refractivity contribution in [3.05, 3.63) is 59.4 Å². The molecule has 1 aromatic carbocycles. The third-order valence-electron chi connectivity index (χ3n) is 4.43. The van der Waals surface area contributed by atoms with Crippen LogP contribution in [0.4, 0.5) is 0 Å². The first-order valence-corrected chi connectivity index (χ1v) is 10.6. The number of carbonyl (C=O) groups is 2. The lowest BCUT2D eigenvalue weighted by atomic mass is 10.1. The highest BCUT2D eigenvalue weighted by Gasteiger charge is 2.20. The van der Waals surface area contributed by atoms with Gasteiger partial charge in [0.05, 0.1) is 4.90 Å². The van der Waals surface area contributed by atoms with E-state index in [1.165, 1.54) is 18.3 Å². The quantitative estimate of drug-likeness (QED) is 0.841. The van der Waals surface area contributed by atoms with Gasteiger partial charge in [-0.1, -0.05) is 12.1 Å². The SMILES string of the molecule is CS(=O)(=O)c1cccnc1C(=O)NCc1ccc(C(=O)N2CCCC2)cc1. The van der Waals surface area contributed by atoms with Crippen LogP contribution in [0.15, 0.2) is 47.5 Å². The van der Waals surface area contributed by atoms with Gasteiger partial charge < -0.3 is 10.2 Å². The number of likely N-dealkylation sites (tertiary alicyclic amines) is 1.